The van der Waals surface area contributed by atoms with Gasteiger partial charge in [-0.3, -0.25) is 9.10 Å². The number of amides is 1. The van der Waals surface area contributed by atoms with Crippen molar-refractivity contribution >= 4 is 33.2 Å². The minimum absolute atomic E-state index is 0.159. The highest BCUT2D eigenvalue weighted by Crippen LogP contribution is 2.53. The Morgan fingerprint density at radius 3 is 2.11 bits per heavy atom. The summed E-state index contributed by atoms with van der Waals surface area (Å²) in [5.74, 6) is 2.44. The van der Waals surface area contributed by atoms with Gasteiger partial charge in [0.05, 0.1) is 17.0 Å². The summed E-state index contributed by atoms with van der Waals surface area (Å²) in [5, 5.41) is 3.56. The maximum atomic E-state index is 13.4. The van der Waals surface area contributed by atoms with Crippen LogP contribution in [-0.4, -0.2) is 32.2 Å². The summed E-state index contributed by atoms with van der Waals surface area (Å²) in [4.78, 5) is 13.4. The smallest absolute Gasteiger partial charge is 0.246 e. The standard InChI is InChI=1S/C21H29ClN2O3S/c1-21(2,24(28(3,26)27)18-7-5-4-6-17(18)22)20(25)23-19-15-9-13-8-14(11-15)12-16(19)10-13/h4-7,13-16,19H,8-12H2,1-3H3,(H,23,25). The first-order chi connectivity index (χ1) is 13.1. The van der Waals surface area contributed by atoms with Gasteiger partial charge in [0.25, 0.3) is 0 Å². The SMILES string of the molecule is CC(C)(C(=O)NC1C2CC3CC(C2)CC1C3)N(c1ccccc1Cl)S(C)(=O)=O. The molecule has 0 radical (unpaired) electrons. The number of benzene rings is 1. The summed E-state index contributed by atoms with van der Waals surface area (Å²) in [6.45, 7) is 3.31. The van der Waals surface area contributed by atoms with Gasteiger partial charge in [0.1, 0.15) is 5.54 Å². The molecule has 0 atom stereocenters. The third kappa shape index (κ3) is 3.43. The van der Waals surface area contributed by atoms with Crippen LogP contribution in [0, 0.1) is 23.7 Å². The van der Waals surface area contributed by atoms with E-state index in [1.807, 2.05) is 0 Å². The summed E-state index contributed by atoms with van der Waals surface area (Å²) >= 11 is 6.29. The number of hydrogen-bond donors (Lipinski definition) is 1. The van der Waals surface area contributed by atoms with Gasteiger partial charge < -0.3 is 5.32 Å². The number of halogens is 1. The van der Waals surface area contributed by atoms with Crippen LogP contribution in [0.2, 0.25) is 5.02 Å². The van der Waals surface area contributed by atoms with Crippen LogP contribution in [0.5, 0.6) is 0 Å². The number of sulfonamides is 1. The maximum Gasteiger partial charge on any atom is 0.246 e. The second-order valence-corrected chi connectivity index (χ2v) is 11.7. The zero-order valence-corrected chi connectivity index (χ0v) is 18.3. The lowest BCUT2D eigenvalue weighted by Crippen LogP contribution is -2.63. The fourth-order valence-corrected chi connectivity index (χ4v) is 7.79. The molecule has 4 bridgehead atoms. The van der Waals surface area contributed by atoms with Crippen molar-refractivity contribution in [3.63, 3.8) is 0 Å². The van der Waals surface area contributed by atoms with Gasteiger partial charge in [-0.1, -0.05) is 23.7 Å². The first-order valence-electron chi connectivity index (χ1n) is 10.1. The first kappa shape index (κ1) is 20.0. The van der Waals surface area contributed by atoms with E-state index in [9.17, 15) is 13.2 Å². The largest absolute Gasteiger partial charge is 0.351 e. The predicted octanol–water partition coefficient (Wildman–Crippen LogP) is 3.83. The zero-order valence-electron chi connectivity index (χ0n) is 16.7. The molecule has 0 heterocycles. The van der Waals surface area contributed by atoms with E-state index in [0.29, 0.717) is 22.5 Å². The molecule has 4 aliphatic rings. The molecule has 28 heavy (non-hydrogen) atoms. The lowest BCUT2D eigenvalue weighted by atomic mass is 9.54. The van der Waals surface area contributed by atoms with Gasteiger partial charge in [0.15, 0.2) is 0 Å². The van der Waals surface area contributed by atoms with Gasteiger partial charge in [-0.25, -0.2) is 8.42 Å². The van der Waals surface area contributed by atoms with Crippen LogP contribution in [0.4, 0.5) is 5.69 Å². The molecule has 5 rings (SSSR count). The molecule has 0 unspecified atom stereocenters. The number of carbonyl (C=O) groups is 1. The van der Waals surface area contributed by atoms with E-state index in [1.54, 1.807) is 38.1 Å². The van der Waals surface area contributed by atoms with Crippen LogP contribution in [0.3, 0.4) is 0 Å². The second-order valence-electron chi connectivity index (χ2n) is 9.47. The third-order valence-electron chi connectivity index (χ3n) is 6.99. The van der Waals surface area contributed by atoms with Crippen LogP contribution in [0.15, 0.2) is 24.3 Å². The van der Waals surface area contributed by atoms with E-state index < -0.39 is 15.6 Å². The van der Waals surface area contributed by atoms with Crippen LogP contribution in [0.25, 0.3) is 0 Å². The molecule has 7 heteroatoms. The van der Waals surface area contributed by atoms with Crippen molar-refractivity contribution in [2.45, 2.75) is 57.5 Å². The number of carbonyl (C=O) groups excluding carboxylic acids is 1. The number of nitrogens with one attached hydrogen (secondary N) is 1. The molecule has 4 saturated carbocycles. The van der Waals surface area contributed by atoms with Crippen molar-refractivity contribution in [2.24, 2.45) is 23.7 Å². The van der Waals surface area contributed by atoms with E-state index in [1.165, 1.54) is 32.1 Å². The minimum Gasteiger partial charge on any atom is -0.351 e. The molecular formula is C21H29ClN2O3S. The molecule has 0 spiro atoms. The molecule has 0 saturated heterocycles. The molecule has 1 N–H and O–H groups in total. The van der Waals surface area contributed by atoms with Crippen molar-refractivity contribution in [1.29, 1.82) is 0 Å². The van der Waals surface area contributed by atoms with Crippen LogP contribution in [-0.2, 0) is 14.8 Å². The summed E-state index contributed by atoms with van der Waals surface area (Å²) in [6.07, 6.45) is 7.25. The summed E-state index contributed by atoms with van der Waals surface area (Å²) in [5.41, 5.74) is -0.954. The number of para-hydroxylation sites is 1. The fourth-order valence-electron chi connectivity index (χ4n) is 6.09. The average molecular weight is 425 g/mol. The van der Waals surface area contributed by atoms with Crippen molar-refractivity contribution < 1.29 is 13.2 Å². The molecule has 0 aliphatic heterocycles. The predicted molar refractivity (Wildman–Crippen MR) is 112 cm³/mol. The minimum atomic E-state index is -3.72. The van der Waals surface area contributed by atoms with Gasteiger partial charge in [0.2, 0.25) is 15.9 Å². The van der Waals surface area contributed by atoms with Crippen LogP contribution < -0.4 is 9.62 Å². The molecular weight excluding hydrogens is 396 g/mol. The highest BCUT2D eigenvalue weighted by Gasteiger charge is 2.50. The van der Waals surface area contributed by atoms with Crippen molar-refractivity contribution in [2.75, 3.05) is 10.6 Å². The average Bonchev–Trinajstić information content (AvgIpc) is 2.58. The normalized spacial score (nSPS) is 31.6. The van der Waals surface area contributed by atoms with Gasteiger partial charge in [-0.05, 0) is 81.8 Å². The monoisotopic (exact) mass is 424 g/mol. The summed E-state index contributed by atoms with van der Waals surface area (Å²) in [6, 6.07) is 6.91. The van der Waals surface area contributed by atoms with E-state index in [2.05, 4.69) is 5.32 Å². The Kier molecular flexibility index (Phi) is 4.94. The first-order valence-corrected chi connectivity index (χ1v) is 12.4. The zero-order chi connectivity index (χ0) is 20.3. The van der Waals surface area contributed by atoms with Crippen molar-refractivity contribution in [3.8, 4) is 0 Å². The number of anilines is 1. The number of nitrogens with zero attached hydrogens (tertiary/aromatic N) is 1. The Bertz CT molecular complexity index is 855. The molecule has 4 fully saturated rings. The Morgan fingerprint density at radius 1 is 1.07 bits per heavy atom. The summed E-state index contributed by atoms with van der Waals surface area (Å²) in [7, 11) is -3.72. The number of hydrogen-bond acceptors (Lipinski definition) is 3. The van der Waals surface area contributed by atoms with E-state index in [4.69, 9.17) is 11.6 Å². The maximum absolute atomic E-state index is 13.4. The molecule has 0 aromatic heterocycles. The molecule has 1 amide bonds. The Labute approximate surface area is 172 Å². The van der Waals surface area contributed by atoms with Gasteiger partial charge in [-0.2, -0.15) is 0 Å². The number of rotatable bonds is 5. The molecule has 154 valence electrons. The quantitative estimate of drug-likeness (QED) is 0.781. The van der Waals surface area contributed by atoms with Crippen molar-refractivity contribution in [1.82, 2.24) is 5.32 Å². The van der Waals surface area contributed by atoms with Crippen LogP contribution >= 0.6 is 11.6 Å². The van der Waals surface area contributed by atoms with Gasteiger partial charge >= 0.3 is 0 Å². The van der Waals surface area contributed by atoms with E-state index in [0.717, 1.165) is 22.4 Å². The molecule has 1 aromatic rings. The Balaban J connectivity index is 1.60. The summed E-state index contributed by atoms with van der Waals surface area (Å²) < 4.78 is 26.5. The van der Waals surface area contributed by atoms with E-state index >= 15 is 0 Å². The highest BCUT2D eigenvalue weighted by atomic mass is 35.5. The lowest BCUT2D eigenvalue weighted by Gasteiger charge is -2.55. The van der Waals surface area contributed by atoms with Gasteiger partial charge in [-0.15, -0.1) is 0 Å². The van der Waals surface area contributed by atoms with Crippen LogP contribution in [0.1, 0.15) is 46.0 Å². The lowest BCUT2D eigenvalue weighted by molar-refractivity contribution is -0.129. The van der Waals surface area contributed by atoms with Crippen molar-refractivity contribution in [3.05, 3.63) is 29.3 Å². The Morgan fingerprint density at radius 2 is 1.61 bits per heavy atom. The molecule has 4 aliphatic carbocycles. The Hall–Kier alpha value is -1.27. The molecule has 5 nitrogen and oxygen atoms in total. The van der Waals surface area contributed by atoms with E-state index in [-0.39, 0.29) is 11.9 Å². The molecule has 1 aromatic carbocycles. The fraction of sp³-hybridized carbons (Fsp3) is 0.667. The van der Waals surface area contributed by atoms with Gasteiger partial charge in [0, 0.05) is 6.04 Å². The topological polar surface area (TPSA) is 66.5 Å². The highest BCUT2D eigenvalue weighted by molar-refractivity contribution is 7.92. The second kappa shape index (κ2) is 6.91. The third-order valence-corrected chi connectivity index (χ3v) is 8.63.